The van der Waals surface area contributed by atoms with Crippen molar-refractivity contribution in [3.05, 3.63) is 0 Å². The lowest BCUT2D eigenvalue weighted by Gasteiger charge is -2.23. The van der Waals surface area contributed by atoms with E-state index in [1.54, 1.807) is 0 Å². The van der Waals surface area contributed by atoms with E-state index < -0.39 is 12.2 Å². The molecule has 0 amide bonds. The highest BCUT2D eigenvalue weighted by atomic mass is 19.4. The Morgan fingerprint density at radius 1 is 1.50 bits per heavy atom. The minimum atomic E-state index is -4.18. The minimum absolute atomic E-state index is 0.107. The lowest BCUT2D eigenvalue weighted by atomic mass is 10.2. The van der Waals surface area contributed by atoms with Gasteiger partial charge in [-0.15, -0.1) is 0 Å². The van der Waals surface area contributed by atoms with Crippen LogP contribution in [0.2, 0.25) is 0 Å². The summed E-state index contributed by atoms with van der Waals surface area (Å²) in [6.07, 6.45) is -3.01. The summed E-state index contributed by atoms with van der Waals surface area (Å²) in [6.45, 7) is 0.271. The molecule has 1 heterocycles. The van der Waals surface area contributed by atoms with Gasteiger partial charge in [0, 0.05) is 0 Å². The van der Waals surface area contributed by atoms with Crippen LogP contribution in [-0.4, -0.2) is 36.5 Å². The molecule has 1 aliphatic heterocycles. The second kappa shape index (κ2) is 3.43. The average molecular weight is 181 g/mol. The number of carbonyl (C=O) groups is 1. The molecule has 0 saturated carbocycles. The predicted molar refractivity (Wildman–Crippen MR) is 36.7 cm³/mol. The van der Waals surface area contributed by atoms with Gasteiger partial charge in [0.05, 0.1) is 6.54 Å². The molecule has 0 aromatic rings. The average Bonchev–Trinajstić information content (AvgIpc) is 2.34. The molecule has 1 aliphatic rings. The molecule has 1 unspecified atom stereocenters. The minimum Gasteiger partial charge on any atom is -0.302 e. The van der Waals surface area contributed by atoms with Crippen LogP contribution in [0.3, 0.4) is 0 Å². The fourth-order valence-electron chi connectivity index (χ4n) is 1.51. The van der Waals surface area contributed by atoms with Crippen molar-refractivity contribution in [2.75, 3.05) is 13.1 Å². The van der Waals surface area contributed by atoms with Crippen LogP contribution in [0.1, 0.15) is 12.8 Å². The van der Waals surface area contributed by atoms with E-state index in [9.17, 15) is 18.0 Å². The van der Waals surface area contributed by atoms with Crippen LogP contribution < -0.4 is 0 Å². The monoisotopic (exact) mass is 181 g/mol. The van der Waals surface area contributed by atoms with E-state index in [2.05, 4.69) is 0 Å². The fourth-order valence-corrected chi connectivity index (χ4v) is 1.51. The summed E-state index contributed by atoms with van der Waals surface area (Å²) < 4.78 is 36.5. The molecule has 1 rings (SSSR count). The van der Waals surface area contributed by atoms with Gasteiger partial charge in [-0.2, -0.15) is 13.2 Å². The predicted octanol–water partition coefficient (Wildman–Crippen LogP) is 1.21. The second-order valence-electron chi connectivity index (χ2n) is 2.86. The zero-order valence-corrected chi connectivity index (χ0v) is 6.47. The zero-order chi connectivity index (χ0) is 9.19. The van der Waals surface area contributed by atoms with Crippen LogP contribution in [0, 0.1) is 0 Å². The first-order chi connectivity index (χ1) is 5.55. The smallest absolute Gasteiger partial charge is 0.302 e. The molecule has 0 N–H and O–H groups in total. The summed E-state index contributed by atoms with van der Waals surface area (Å²) in [5.41, 5.74) is 0. The number of hydrogen-bond donors (Lipinski definition) is 0. The van der Waals surface area contributed by atoms with Gasteiger partial charge in [-0.05, 0) is 19.4 Å². The topological polar surface area (TPSA) is 20.3 Å². The number of rotatable bonds is 2. The first-order valence-corrected chi connectivity index (χ1v) is 3.80. The van der Waals surface area contributed by atoms with Crippen LogP contribution >= 0.6 is 0 Å². The summed E-state index contributed by atoms with van der Waals surface area (Å²) in [4.78, 5) is 11.2. The van der Waals surface area contributed by atoms with E-state index in [1.165, 1.54) is 4.90 Å². The molecule has 0 bridgehead atoms. The van der Waals surface area contributed by atoms with E-state index in [1.807, 2.05) is 0 Å². The Labute approximate surface area is 68.3 Å². The maximum absolute atomic E-state index is 12.2. The Kier molecular flexibility index (Phi) is 2.72. The summed E-state index contributed by atoms with van der Waals surface area (Å²) in [7, 11) is 0. The lowest BCUT2D eigenvalue weighted by Crippen LogP contribution is -2.41. The third-order valence-corrected chi connectivity index (χ3v) is 2.05. The third kappa shape index (κ3) is 1.97. The van der Waals surface area contributed by atoms with Gasteiger partial charge >= 0.3 is 6.18 Å². The van der Waals surface area contributed by atoms with Crippen LogP contribution in [0.4, 0.5) is 13.2 Å². The Balaban J connectivity index is 2.57. The van der Waals surface area contributed by atoms with Crippen molar-refractivity contribution in [3.63, 3.8) is 0 Å². The quantitative estimate of drug-likeness (QED) is 0.597. The Morgan fingerprint density at radius 3 is 2.67 bits per heavy atom. The number of likely N-dealkylation sites (tertiary alicyclic amines) is 1. The number of aldehydes is 1. The number of hydrogen-bond acceptors (Lipinski definition) is 2. The molecule has 2 nitrogen and oxygen atoms in total. The molecular formula is C7H10F3NO. The van der Waals surface area contributed by atoms with Crippen LogP contribution in [0.15, 0.2) is 0 Å². The molecule has 0 aliphatic carbocycles. The molecule has 12 heavy (non-hydrogen) atoms. The summed E-state index contributed by atoms with van der Waals surface area (Å²) in [5, 5.41) is 0. The molecule has 70 valence electrons. The van der Waals surface area contributed by atoms with Gasteiger partial charge < -0.3 is 4.79 Å². The van der Waals surface area contributed by atoms with E-state index in [0.29, 0.717) is 19.3 Å². The second-order valence-corrected chi connectivity index (χ2v) is 2.86. The van der Waals surface area contributed by atoms with Crippen LogP contribution in [0.5, 0.6) is 0 Å². The highest BCUT2D eigenvalue weighted by Gasteiger charge is 2.45. The third-order valence-electron chi connectivity index (χ3n) is 2.05. The normalized spacial score (nSPS) is 26.1. The first kappa shape index (κ1) is 9.51. The number of nitrogens with zero attached hydrogens (tertiary/aromatic N) is 1. The van der Waals surface area contributed by atoms with Crippen molar-refractivity contribution in [2.24, 2.45) is 0 Å². The summed E-state index contributed by atoms with van der Waals surface area (Å²) in [6, 6.07) is -1.40. The molecule has 1 saturated heterocycles. The number of carbonyl (C=O) groups excluding carboxylic acids is 1. The maximum atomic E-state index is 12.2. The van der Waals surface area contributed by atoms with Crippen molar-refractivity contribution in [1.82, 2.24) is 4.90 Å². The molecule has 0 radical (unpaired) electrons. The van der Waals surface area contributed by atoms with Crippen molar-refractivity contribution in [3.8, 4) is 0 Å². The van der Waals surface area contributed by atoms with E-state index >= 15 is 0 Å². The van der Waals surface area contributed by atoms with Crippen molar-refractivity contribution < 1.29 is 18.0 Å². The Morgan fingerprint density at radius 2 is 2.17 bits per heavy atom. The van der Waals surface area contributed by atoms with E-state index in [0.717, 1.165) is 0 Å². The summed E-state index contributed by atoms with van der Waals surface area (Å²) >= 11 is 0. The van der Waals surface area contributed by atoms with Gasteiger partial charge in [0.2, 0.25) is 0 Å². The largest absolute Gasteiger partial charge is 0.404 e. The number of halogens is 3. The van der Waals surface area contributed by atoms with E-state index in [-0.39, 0.29) is 13.0 Å². The van der Waals surface area contributed by atoms with Crippen molar-refractivity contribution >= 4 is 6.29 Å². The van der Waals surface area contributed by atoms with Gasteiger partial charge in [-0.3, -0.25) is 4.90 Å². The highest BCUT2D eigenvalue weighted by molar-refractivity contribution is 5.52. The Hall–Kier alpha value is -0.580. The van der Waals surface area contributed by atoms with Gasteiger partial charge in [-0.1, -0.05) is 0 Å². The van der Waals surface area contributed by atoms with Gasteiger partial charge in [-0.25, -0.2) is 0 Å². The first-order valence-electron chi connectivity index (χ1n) is 3.80. The fraction of sp³-hybridized carbons (Fsp3) is 0.857. The van der Waals surface area contributed by atoms with Crippen molar-refractivity contribution in [1.29, 1.82) is 0 Å². The summed E-state index contributed by atoms with van der Waals surface area (Å²) in [5.74, 6) is 0. The lowest BCUT2D eigenvalue weighted by molar-refractivity contribution is -0.175. The molecule has 0 aromatic heterocycles. The standard InChI is InChI=1S/C7H10F3NO/c8-7(9,10)6-2-1-3-11(6)4-5-12/h5-6H,1-4H2. The van der Waals surface area contributed by atoms with Gasteiger partial charge in [0.1, 0.15) is 12.3 Å². The van der Waals surface area contributed by atoms with Gasteiger partial charge in [0.25, 0.3) is 0 Å². The SMILES string of the molecule is O=CCN1CCCC1C(F)(F)F. The molecule has 1 atom stereocenters. The Bertz CT molecular complexity index is 169. The van der Waals surface area contributed by atoms with Crippen molar-refractivity contribution in [2.45, 2.75) is 25.1 Å². The number of alkyl halides is 3. The molecule has 0 aromatic carbocycles. The van der Waals surface area contributed by atoms with E-state index in [4.69, 9.17) is 0 Å². The van der Waals surface area contributed by atoms with Crippen LogP contribution in [-0.2, 0) is 4.79 Å². The highest BCUT2D eigenvalue weighted by Crippen LogP contribution is 2.31. The zero-order valence-electron chi connectivity index (χ0n) is 6.47. The molecule has 5 heteroatoms. The molecule has 1 fully saturated rings. The molecular weight excluding hydrogens is 171 g/mol. The van der Waals surface area contributed by atoms with Crippen LogP contribution in [0.25, 0.3) is 0 Å². The maximum Gasteiger partial charge on any atom is 0.404 e. The molecule has 0 spiro atoms. The van der Waals surface area contributed by atoms with Gasteiger partial charge in [0.15, 0.2) is 0 Å².